The zero-order valence-electron chi connectivity index (χ0n) is 11.3. The standard InChI is InChI=1S/C14H21N3O/c1-10-8-12(15)4-5-13(10)14(18)17-7-6-16(3)9-11(17)2/h4-5,8,11H,6-7,9,15H2,1-3H3. The minimum atomic E-state index is 0.119. The number of nitrogen functional groups attached to an aromatic ring is 1. The Balaban J connectivity index is 2.20. The van der Waals surface area contributed by atoms with E-state index in [2.05, 4.69) is 18.9 Å². The number of likely N-dealkylation sites (N-methyl/N-ethyl adjacent to an activating group) is 1. The van der Waals surface area contributed by atoms with Gasteiger partial charge in [-0.25, -0.2) is 0 Å². The predicted molar refractivity (Wildman–Crippen MR) is 73.6 cm³/mol. The molecule has 0 saturated carbocycles. The second-order valence-electron chi connectivity index (χ2n) is 5.18. The smallest absolute Gasteiger partial charge is 0.254 e. The highest BCUT2D eigenvalue weighted by Gasteiger charge is 2.27. The molecule has 2 N–H and O–H groups in total. The molecule has 1 aliphatic heterocycles. The molecule has 1 atom stereocenters. The molecule has 1 fully saturated rings. The van der Waals surface area contributed by atoms with Gasteiger partial charge in [0.15, 0.2) is 0 Å². The first-order chi connectivity index (χ1) is 8.49. The Morgan fingerprint density at radius 1 is 1.39 bits per heavy atom. The van der Waals surface area contributed by atoms with E-state index < -0.39 is 0 Å². The highest BCUT2D eigenvalue weighted by molar-refractivity contribution is 5.96. The number of amides is 1. The first-order valence-electron chi connectivity index (χ1n) is 6.34. The van der Waals surface area contributed by atoms with Crippen molar-refractivity contribution in [3.63, 3.8) is 0 Å². The van der Waals surface area contributed by atoms with Crippen molar-refractivity contribution in [3.8, 4) is 0 Å². The van der Waals surface area contributed by atoms with Gasteiger partial charge in [0.05, 0.1) is 0 Å². The zero-order valence-corrected chi connectivity index (χ0v) is 11.3. The average molecular weight is 247 g/mol. The second kappa shape index (κ2) is 4.98. The Morgan fingerprint density at radius 2 is 2.11 bits per heavy atom. The summed E-state index contributed by atoms with van der Waals surface area (Å²) in [5, 5.41) is 0. The number of aryl methyl sites for hydroxylation is 1. The van der Waals surface area contributed by atoms with Gasteiger partial charge in [-0.15, -0.1) is 0 Å². The van der Waals surface area contributed by atoms with Crippen molar-refractivity contribution < 1.29 is 4.79 Å². The van der Waals surface area contributed by atoms with Crippen molar-refractivity contribution in [2.45, 2.75) is 19.9 Å². The first-order valence-corrected chi connectivity index (χ1v) is 6.34. The fraction of sp³-hybridized carbons (Fsp3) is 0.500. The average Bonchev–Trinajstić information content (AvgIpc) is 2.28. The molecule has 1 aromatic carbocycles. The van der Waals surface area contributed by atoms with E-state index in [1.807, 2.05) is 24.0 Å². The monoisotopic (exact) mass is 247 g/mol. The minimum absolute atomic E-state index is 0.119. The number of anilines is 1. The Labute approximate surface area is 108 Å². The number of rotatable bonds is 1. The first kappa shape index (κ1) is 12.9. The number of carbonyl (C=O) groups is 1. The van der Waals surface area contributed by atoms with Crippen molar-refractivity contribution in [3.05, 3.63) is 29.3 Å². The molecule has 0 aliphatic carbocycles. The summed E-state index contributed by atoms with van der Waals surface area (Å²) in [6.07, 6.45) is 0. The molecule has 18 heavy (non-hydrogen) atoms. The lowest BCUT2D eigenvalue weighted by Gasteiger charge is -2.38. The number of carbonyl (C=O) groups excluding carboxylic acids is 1. The molecule has 4 nitrogen and oxygen atoms in total. The van der Waals surface area contributed by atoms with E-state index in [1.165, 1.54) is 0 Å². The van der Waals surface area contributed by atoms with Gasteiger partial charge >= 0.3 is 0 Å². The Bertz CT molecular complexity index is 458. The summed E-state index contributed by atoms with van der Waals surface area (Å²) in [5.74, 6) is 0.119. The number of hydrogen-bond acceptors (Lipinski definition) is 3. The Hall–Kier alpha value is -1.55. The van der Waals surface area contributed by atoms with E-state index in [0.717, 1.165) is 30.8 Å². The molecule has 2 rings (SSSR count). The van der Waals surface area contributed by atoms with Crippen LogP contribution in [0.2, 0.25) is 0 Å². The predicted octanol–water partition coefficient (Wildman–Crippen LogP) is 1.35. The lowest BCUT2D eigenvalue weighted by Crippen LogP contribution is -2.52. The zero-order chi connectivity index (χ0) is 13.3. The maximum Gasteiger partial charge on any atom is 0.254 e. The summed E-state index contributed by atoms with van der Waals surface area (Å²) < 4.78 is 0. The second-order valence-corrected chi connectivity index (χ2v) is 5.18. The molecule has 0 aromatic heterocycles. The van der Waals surface area contributed by atoms with Crippen LogP contribution in [-0.4, -0.2) is 48.4 Å². The van der Waals surface area contributed by atoms with Crippen molar-refractivity contribution in [2.75, 3.05) is 32.4 Å². The van der Waals surface area contributed by atoms with Crippen LogP contribution in [0.4, 0.5) is 5.69 Å². The third-order valence-corrected chi connectivity index (χ3v) is 3.57. The largest absolute Gasteiger partial charge is 0.399 e. The van der Waals surface area contributed by atoms with Crippen LogP contribution in [0.25, 0.3) is 0 Å². The van der Waals surface area contributed by atoms with E-state index in [4.69, 9.17) is 5.73 Å². The van der Waals surface area contributed by atoms with Gasteiger partial charge in [0, 0.05) is 36.9 Å². The molecule has 0 radical (unpaired) electrons. The Morgan fingerprint density at radius 3 is 2.72 bits per heavy atom. The molecule has 0 bridgehead atoms. The number of piperazine rings is 1. The maximum absolute atomic E-state index is 12.5. The molecule has 1 unspecified atom stereocenters. The summed E-state index contributed by atoms with van der Waals surface area (Å²) in [7, 11) is 2.09. The summed E-state index contributed by atoms with van der Waals surface area (Å²) in [5.41, 5.74) is 8.14. The normalized spacial score (nSPS) is 21.1. The molecule has 1 amide bonds. The third kappa shape index (κ3) is 2.48. The van der Waals surface area contributed by atoms with Crippen LogP contribution in [0.15, 0.2) is 18.2 Å². The van der Waals surface area contributed by atoms with Crippen LogP contribution < -0.4 is 5.73 Å². The van der Waals surface area contributed by atoms with Gasteiger partial charge < -0.3 is 15.5 Å². The quantitative estimate of drug-likeness (QED) is 0.762. The molecule has 4 heteroatoms. The molecule has 1 aromatic rings. The van der Waals surface area contributed by atoms with Crippen LogP contribution in [0.3, 0.4) is 0 Å². The molecule has 1 aliphatic rings. The highest BCUT2D eigenvalue weighted by Crippen LogP contribution is 2.18. The van der Waals surface area contributed by atoms with E-state index in [9.17, 15) is 4.79 Å². The maximum atomic E-state index is 12.5. The fourth-order valence-electron chi connectivity index (χ4n) is 2.52. The lowest BCUT2D eigenvalue weighted by atomic mass is 10.0. The van der Waals surface area contributed by atoms with E-state index in [0.29, 0.717) is 5.69 Å². The minimum Gasteiger partial charge on any atom is -0.399 e. The van der Waals surface area contributed by atoms with E-state index in [1.54, 1.807) is 6.07 Å². The molecule has 98 valence electrons. The van der Waals surface area contributed by atoms with Crippen molar-refractivity contribution >= 4 is 11.6 Å². The van der Waals surface area contributed by atoms with Gasteiger partial charge in [0.2, 0.25) is 0 Å². The topological polar surface area (TPSA) is 49.6 Å². The summed E-state index contributed by atoms with van der Waals surface area (Å²) in [6.45, 7) is 6.69. The SMILES string of the molecule is Cc1cc(N)ccc1C(=O)N1CCN(C)CC1C. The summed E-state index contributed by atoms with van der Waals surface area (Å²) in [6, 6.07) is 5.74. The number of nitrogens with two attached hydrogens (primary N) is 1. The van der Waals surface area contributed by atoms with Gasteiger partial charge in [-0.1, -0.05) is 0 Å². The van der Waals surface area contributed by atoms with Gasteiger partial charge in [-0.3, -0.25) is 4.79 Å². The highest BCUT2D eigenvalue weighted by atomic mass is 16.2. The molecular weight excluding hydrogens is 226 g/mol. The summed E-state index contributed by atoms with van der Waals surface area (Å²) in [4.78, 5) is 16.7. The molecule has 1 heterocycles. The van der Waals surface area contributed by atoms with Crippen LogP contribution >= 0.6 is 0 Å². The van der Waals surface area contributed by atoms with Gasteiger partial charge in [0.25, 0.3) is 5.91 Å². The van der Waals surface area contributed by atoms with Gasteiger partial charge in [0.1, 0.15) is 0 Å². The van der Waals surface area contributed by atoms with Gasteiger partial charge in [-0.2, -0.15) is 0 Å². The van der Waals surface area contributed by atoms with Crippen LogP contribution in [-0.2, 0) is 0 Å². The third-order valence-electron chi connectivity index (χ3n) is 3.57. The van der Waals surface area contributed by atoms with Gasteiger partial charge in [-0.05, 0) is 44.7 Å². The number of nitrogens with zero attached hydrogens (tertiary/aromatic N) is 2. The number of hydrogen-bond donors (Lipinski definition) is 1. The summed E-state index contributed by atoms with van der Waals surface area (Å²) >= 11 is 0. The molecule has 1 saturated heterocycles. The van der Waals surface area contributed by atoms with Crippen molar-refractivity contribution in [1.82, 2.24) is 9.80 Å². The molecular formula is C14H21N3O. The Kier molecular flexibility index (Phi) is 3.57. The van der Waals surface area contributed by atoms with Crippen LogP contribution in [0.5, 0.6) is 0 Å². The van der Waals surface area contributed by atoms with Crippen LogP contribution in [0.1, 0.15) is 22.8 Å². The lowest BCUT2D eigenvalue weighted by molar-refractivity contribution is 0.0533. The number of benzene rings is 1. The molecule has 0 spiro atoms. The fourth-order valence-corrected chi connectivity index (χ4v) is 2.52. The van der Waals surface area contributed by atoms with E-state index in [-0.39, 0.29) is 11.9 Å². The van der Waals surface area contributed by atoms with E-state index >= 15 is 0 Å². The van der Waals surface area contributed by atoms with Crippen molar-refractivity contribution in [2.24, 2.45) is 0 Å². The van der Waals surface area contributed by atoms with Crippen LogP contribution in [0, 0.1) is 6.92 Å². The van der Waals surface area contributed by atoms with Crippen molar-refractivity contribution in [1.29, 1.82) is 0 Å².